The summed E-state index contributed by atoms with van der Waals surface area (Å²) < 4.78 is -1.58. The van der Waals surface area contributed by atoms with E-state index in [-0.39, 0.29) is 25.1 Å². The summed E-state index contributed by atoms with van der Waals surface area (Å²) in [5.41, 5.74) is 5.03. The Morgan fingerprint density at radius 3 is 2.43 bits per heavy atom. The van der Waals surface area contributed by atoms with Crippen molar-refractivity contribution in [2.45, 2.75) is 16.6 Å². The van der Waals surface area contributed by atoms with Crippen molar-refractivity contribution in [2.24, 2.45) is 11.7 Å². The first kappa shape index (κ1) is 19.4. The summed E-state index contributed by atoms with van der Waals surface area (Å²) in [5.74, 6) is -3.00. The zero-order chi connectivity index (χ0) is 16.5. The second-order valence-electron chi connectivity index (χ2n) is 4.45. The molecule has 1 aliphatic rings. The number of carbonyl (C=O) groups is 2. The van der Waals surface area contributed by atoms with E-state index in [1.54, 1.807) is 74.7 Å². The SMILES string of the molecule is CC(CO)NC(=O)C1C(I)=C(O)C(I)=C(C(N)=O)C1(O)I. The Kier molecular flexibility index (Phi) is 6.71. The molecule has 0 fully saturated rings. The maximum Gasteiger partial charge on any atom is 0.249 e. The molecule has 6 N–H and O–H groups in total. The van der Waals surface area contributed by atoms with Gasteiger partial charge in [0, 0.05) is 6.04 Å². The van der Waals surface area contributed by atoms with Gasteiger partial charge in [-0.1, -0.05) is 0 Å². The molecule has 21 heavy (non-hydrogen) atoms. The van der Waals surface area contributed by atoms with Gasteiger partial charge in [-0.15, -0.1) is 0 Å². The van der Waals surface area contributed by atoms with Crippen LogP contribution in [-0.4, -0.2) is 43.4 Å². The molecule has 2 amide bonds. The maximum absolute atomic E-state index is 12.3. The fraction of sp³-hybridized carbons (Fsp3) is 0.455. The smallest absolute Gasteiger partial charge is 0.249 e. The highest BCUT2D eigenvalue weighted by Gasteiger charge is 2.51. The van der Waals surface area contributed by atoms with Gasteiger partial charge in [0.15, 0.2) is 3.61 Å². The van der Waals surface area contributed by atoms with Crippen LogP contribution in [-0.2, 0) is 9.59 Å². The molecule has 0 aromatic rings. The number of amides is 2. The summed E-state index contributed by atoms with van der Waals surface area (Å²) in [5, 5.41) is 32.2. The molecule has 0 aromatic carbocycles. The molecule has 0 radical (unpaired) electrons. The molecule has 118 valence electrons. The highest BCUT2D eigenvalue weighted by molar-refractivity contribution is 14.1. The Bertz CT molecular complexity index is 544. The van der Waals surface area contributed by atoms with E-state index in [0.717, 1.165) is 0 Å². The minimum atomic E-state index is -1.89. The average Bonchev–Trinajstić information content (AvgIpc) is 2.34. The van der Waals surface area contributed by atoms with E-state index >= 15 is 0 Å². The molecule has 10 heteroatoms. The first-order chi connectivity index (χ1) is 9.55. The van der Waals surface area contributed by atoms with Crippen LogP contribution in [0.5, 0.6) is 0 Å². The lowest BCUT2D eigenvalue weighted by atomic mass is 9.88. The van der Waals surface area contributed by atoms with Gasteiger partial charge >= 0.3 is 0 Å². The molecule has 0 saturated carbocycles. The molecule has 0 saturated heterocycles. The standard InChI is InChI=1S/C11H13I3N2O5/c1-3(2-17)16-10(20)5-7(13)8(18)6(12)4(9(15)19)11(5,14)21/h3,5,17-18,21H,2H2,1H3,(H2,15,19)(H,16,20). The molecule has 0 aromatic heterocycles. The molecule has 0 aliphatic heterocycles. The third kappa shape index (κ3) is 3.81. The lowest BCUT2D eigenvalue weighted by molar-refractivity contribution is -0.127. The lowest BCUT2D eigenvalue weighted by Gasteiger charge is -2.35. The number of aliphatic hydroxyl groups is 3. The number of carbonyl (C=O) groups excluding carboxylic acids is 2. The largest absolute Gasteiger partial charge is 0.506 e. The van der Waals surface area contributed by atoms with Crippen molar-refractivity contribution in [1.82, 2.24) is 5.32 Å². The van der Waals surface area contributed by atoms with Gasteiger partial charge in [-0.05, 0) is 74.7 Å². The van der Waals surface area contributed by atoms with Crippen molar-refractivity contribution in [3.8, 4) is 0 Å². The summed E-state index contributed by atoms with van der Waals surface area (Å²) in [6.07, 6.45) is 0. The molecule has 0 bridgehead atoms. The Hall–Kier alpha value is 0.330. The topological polar surface area (TPSA) is 133 Å². The molecule has 0 spiro atoms. The van der Waals surface area contributed by atoms with Crippen molar-refractivity contribution in [2.75, 3.05) is 6.61 Å². The van der Waals surface area contributed by atoms with Gasteiger partial charge < -0.3 is 26.4 Å². The number of halogens is 3. The van der Waals surface area contributed by atoms with E-state index in [4.69, 9.17) is 10.8 Å². The van der Waals surface area contributed by atoms with Crippen LogP contribution in [0, 0.1) is 5.92 Å². The number of alkyl halides is 1. The second-order valence-corrected chi connectivity index (χ2v) is 8.33. The number of nitrogens with two attached hydrogens (primary N) is 1. The minimum absolute atomic E-state index is 0.112. The molecular weight excluding hydrogens is 621 g/mol. The number of hydrogen-bond acceptors (Lipinski definition) is 5. The average molecular weight is 634 g/mol. The van der Waals surface area contributed by atoms with Gasteiger partial charge in [-0.2, -0.15) is 0 Å². The Labute approximate surface area is 161 Å². The number of allylic oxidation sites excluding steroid dienone is 1. The fourth-order valence-electron chi connectivity index (χ4n) is 1.77. The van der Waals surface area contributed by atoms with E-state index in [2.05, 4.69) is 5.32 Å². The third-order valence-electron chi connectivity index (χ3n) is 2.81. The van der Waals surface area contributed by atoms with Gasteiger partial charge in [-0.25, -0.2) is 0 Å². The van der Waals surface area contributed by atoms with Crippen LogP contribution in [0.25, 0.3) is 0 Å². The quantitative estimate of drug-likeness (QED) is 0.229. The highest BCUT2D eigenvalue weighted by Crippen LogP contribution is 2.49. The van der Waals surface area contributed by atoms with Gasteiger partial charge in [0.2, 0.25) is 11.8 Å². The summed E-state index contributed by atoms with van der Waals surface area (Å²) in [6, 6.07) is -0.530. The maximum atomic E-state index is 12.3. The number of rotatable bonds is 4. The van der Waals surface area contributed by atoms with Crippen LogP contribution in [0.15, 0.2) is 18.5 Å². The molecule has 3 atom stereocenters. The third-order valence-corrected chi connectivity index (χ3v) is 6.16. The predicted molar refractivity (Wildman–Crippen MR) is 101 cm³/mol. The number of aliphatic hydroxyl groups excluding tert-OH is 2. The van der Waals surface area contributed by atoms with Crippen LogP contribution in [0.2, 0.25) is 0 Å². The van der Waals surface area contributed by atoms with E-state index in [1.807, 2.05) is 0 Å². The predicted octanol–water partition coefficient (Wildman–Crippen LogP) is 0.616. The summed E-state index contributed by atoms with van der Waals surface area (Å²) >= 11 is 5.00. The van der Waals surface area contributed by atoms with Crippen LogP contribution in [0.3, 0.4) is 0 Å². The molecule has 7 nitrogen and oxygen atoms in total. The monoisotopic (exact) mass is 634 g/mol. The molecular formula is C11H13I3N2O5. The van der Waals surface area contributed by atoms with Crippen molar-refractivity contribution in [1.29, 1.82) is 0 Å². The van der Waals surface area contributed by atoms with E-state index in [9.17, 15) is 19.8 Å². The highest BCUT2D eigenvalue weighted by atomic mass is 127. The van der Waals surface area contributed by atoms with Crippen LogP contribution in [0.4, 0.5) is 0 Å². The van der Waals surface area contributed by atoms with Crippen molar-refractivity contribution in [3.63, 3.8) is 0 Å². The zero-order valence-electron chi connectivity index (χ0n) is 10.7. The van der Waals surface area contributed by atoms with Crippen LogP contribution < -0.4 is 11.1 Å². The summed E-state index contributed by atoms with van der Waals surface area (Å²) in [4.78, 5) is 23.9. The van der Waals surface area contributed by atoms with Gasteiger partial charge in [0.1, 0.15) is 11.7 Å². The minimum Gasteiger partial charge on any atom is -0.506 e. The van der Waals surface area contributed by atoms with Crippen LogP contribution in [0.1, 0.15) is 6.92 Å². The molecule has 1 aliphatic carbocycles. The first-order valence-electron chi connectivity index (χ1n) is 5.67. The van der Waals surface area contributed by atoms with Gasteiger partial charge in [0.25, 0.3) is 0 Å². The number of primary amides is 1. The summed E-state index contributed by atoms with van der Waals surface area (Å²) in [6.45, 7) is 1.30. The lowest BCUT2D eigenvalue weighted by Crippen LogP contribution is -2.51. The normalized spacial score (nSPS) is 27.6. The fourth-order valence-corrected chi connectivity index (χ4v) is 6.50. The second kappa shape index (κ2) is 7.27. The van der Waals surface area contributed by atoms with Gasteiger partial charge in [0.05, 0.1) is 19.3 Å². The van der Waals surface area contributed by atoms with E-state index in [1.165, 1.54) is 0 Å². The van der Waals surface area contributed by atoms with Crippen molar-refractivity contribution >= 4 is 79.6 Å². The first-order valence-corrected chi connectivity index (χ1v) is 8.90. The molecule has 0 heterocycles. The van der Waals surface area contributed by atoms with Crippen molar-refractivity contribution in [3.05, 3.63) is 18.5 Å². The Balaban J connectivity index is 3.35. The Morgan fingerprint density at radius 1 is 1.48 bits per heavy atom. The number of nitrogens with one attached hydrogen (secondary N) is 1. The van der Waals surface area contributed by atoms with Gasteiger partial charge in [-0.3, -0.25) is 9.59 Å². The number of hydrogen-bond donors (Lipinski definition) is 5. The Morgan fingerprint density at radius 2 is 2.00 bits per heavy atom. The van der Waals surface area contributed by atoms with Crippen LogP contribution >= 0.6 is 67.8 Å². The van der Waals surface area contributed by atoms with E-state index in [0.29, 0.717) is 0 Å². The zero-order valence-corrected chi connectivity index (χ0v) is 17.2. The molecule has 1 rings (SSSR count). The summed E-state index contributed by atoms with van der Waals surface area (Å²) in [7, 11) is 0. The van der Waals surface area contributed by atoms with E-state index < -0.39 is 27.4 Å². The molecule has 3 unspecified atom stereocenters. The van der Waals surface area contributed by atoms with Crippen molar-refractivity contribution < 1.29 is 24.9 Å².